The third-order valence-electron chi connectivity index (χ3n) is 2.39. The minimum atomic E-state index is -0.368. The standard InChI is InChI=1S/C12H14O3/c1-12(2)4-3-9-10(14)5-8(7-13)6-11(9)15-12/h3-6,13-14H,7H2,1-2H3. The van der Waals surface area contributed by atoms with Crippen LogP contribution in [0, 0.1) is 0 Å². The number of fused-ring (bicyclic) bond motifs is 1. The van der Waals surface area contributed by atoms with E-state index >= 15 is 0 Å². The van der Waals surface area contributed by atoms with E-state index < -0.39 is 0 Å². The van der Waals surface area contributed by atoms with E-state index in [2.05, 4.69) is 0 Å². The van der Waals surface area contributed by atoms with Crippen molar-refractivity contribution in [3.63, 3.8) is 0 Å². The summed E-state index contributed by atoms with van der Waals surface area (Å²) < 4.78 is 5.68. The predicted molar refractivity (Wildman–Crippen MR) is 57.8 cm³/mol. The minimum absolute atomic E-state index is 0.103. The molecule has 0 saturated heterocycles. The summed E-state index contributed by atoms with van der Waals surface area (Å²) >= 11 is 0. The van der Waals surface area contributed by atoms with E-state index in [-0.39, 0.29) is 18.0 Å². The van der Waals surface area contributed by atoms with Crippen LogP contribution in [0.2, 0.25) is 0 Å². The maximum Gasteiger partial charge on any atom is 0.131 e. The molecule has 0 radical (unpaired) electrons. The molecule has 0 amide bonds. The number of rotatable bonds is 1. The summed E-state index contributed by atoms with van der Waals surface area (Å²) in [7, 11) is 0. The Balaban J connectivity index is 2.52. The van der Waals surface area contributed by atoms with E-state index in [1.54, 1.807) is 12.1 Å². The first kappa shape index (κ1) is 10.1. The third kappa shape index (κ3) is 1.83. The van der Waals surface area contributed by atoms with Gasteiger partial charge in [-0.3, -0.25) is 0 Å². The average molecular weight is 206 g/mol. The molecule has 80 valence electrons. The fourth-order valence-corrected chi connectivity index (χ4v) is 1.61. The summed E-state index contributed by atoms with van der Waals surface area (Å²) in [6.45, 7) is 3.78. The second-order valence-electron chi connectivity index (χ2n) is 4.22. The van der Waals surface area contributed by atoms with Crippen LogP contribution in [-0.2, 0) is 6.61 Å². The molecule has 1 aromatic rings. The van der Waals surface area contributed by atoms with Crippen LogP contribution in [0.4, 0.5) is 0 Å². The number of aromatic hydroxyl groups is 1. The fraction of sp³-hybridized carbons (Fsp3) is 0.333. The molecular weight excluding hydrogens is 192 g/mol. The second-order valence-corrected chi connectivity index (χ2v) is 4.22. The lowest BCUT2D eigenvalue weighted by Gasteiger charge is -2.28. The highest BCUT2D eigenvalue weighted by atomic mass is 16.5. The van der Waals surface area contributed by atoms with Gasteiger partial charge in [-0.1, -0.05) is 0 Å². The van der Waals surface area contributed by atoms with E-state index in [1.165, 1.54) is 0 Å². The lowest BCUT2D eigenvalue weighted by atomic mass is 10.0. The first-order chi connectivity index (χ1) is 7.02. The fourth-order valence-electron chi connectivity index (χ4n) is 1.61. The van der Waals surface area contributed by atoms with Gasteiger partial charge in [0.2, 0.25) is 0 Å². The molecule has 15 heavy (non-hydrogen) atoms. The van der Waals surface area contributed by atoms with Crippen LogP contribution in [0.25, 0.3) is 6.08 Å². The van der Waals surface area contributed by atoms with Crippen molar-refractivity contribution in [2.75, 3.05) is 0 Å². The van der Waals surface area contributed by atoms with Crippen molar-refractivity contribution in [1.82, 2.24) is 0 Å². The van der Waals surface area contributed by atoms with Crippen molar-refractivity contribution in [1.29, 1.82) is 0 Å². The lowest BCUT2D eigenvalue weighted by molar-refractivity contribution is 0.157. The zero-order valence-corrected chi connectivity index (χ0v) is 8.82. The third-order valence-corrected chi connectivity index (χ3v) is 2.39. The molecule has 0 saturated carbocycles. The van der Waals surface area contributed by atoms with Gasteiger partial charge in [0, 0.05) is 0 Å². The molecule has 3 nitrogen and oxygen atoms in total. The number of phenolic OH excluding ortho intramolecular Hbond substituents is 1. The molecule has 0 unspecified atom stereocenters. The SMILES string of the molecule is CC1(C)C=Cc2c(O)cc(CO)cc2O1. The van der Waals surface area contributed by atoms with Crippen molar-refractivity contribution >= 4 is 6.08 Å². The van der Waals surface area contributed by atoms with E-state index in [1.807, 2.05) is 26.0 Å². The molecule has 0 aromatic heterocycles. The van der Waals surface area contributed by atoms with E-state index in [9.17, 15) is 5.11 Å². The Morgan fingerprint density at radius 2 is 2.07 bits per heavy atom. The maximum atomic E-state index is 9.70. The summed E-state index contributed by atoms with van der Waals surface area (Å²) in [6.07, 6.45) is 3.74. The van der Waals surface area contributed by atoms with Crippen LogP contribution in [-0.4, -0.2) is 15.8 Å². The van der Waals surface area contributed by atoms with Crippen molar-refractivity contribution in [3.05, 3.63) is 29.3 Å². The van der Waals surface area contributed by atoms with Crippen LogP contribution in [0.15, 0.2) is 18.2 Å². The molecular formula is C12H14O3. The Kier molecular flexibility index (Phi) is 2.20. The molecule has 1 heterocycles. The van der Waals surface area contributed by atoms with Gasteiger partial charge in [0.05, 0.1) is 12.2 Å². The van der Waals surface area contributed by atoms with Gasteiger partial charge in [-0.2, -0.15) is 0 Å². The van der Waals surface area contributed by atoms with E-state index in [0.717, 1.165) is 0 Å². The van der Waals surface area contributed by atoms with Gasteiger partial charge in [-0.25, -0.2) is 0 Å². The van der Waals surface area contributed by atoms with Gasteiger partial charge in [0.15, 0.2) is 0 Å². The van der Waals surface area contributed by atoms with Gasteiger partial charge in [0.25, 0.3) is 0 Å². The minimum Gasteiger partial charge on any atom is -0.507 e. The van der Waals surface area contributed by atoms with Crippen molar-refractivity contribution in [3.8, 4) is 11.5 Å². The Hall–Kier alpha value is -1.48. The quantitative estimate of drug-likeness (QED) is 0.739. The summed E-state index contributed by atoms with van der Waals surface area (Å²) in [6, 6.07) is 3.30. The molecule has 0 aliphatic carbocycles. The van der Waals surface area contributed by atoms with Crippen molar-refractivity contribution < 1.29 is 14.9 Å². The number of benzene rings is 1. The highest BCUT2D eigenvalue weighted by Gasteiger charge is 2.23. The normalized spacial score (nSPS) is 17.0. The molecule has 2 rings (SSSR count). The Morgan fingerprint density at radius 3 is 2.73 bits per heavy atom. The van der Waals surface area contributed by atoms with Crippen molar-refractivity contribution in [2.24, 2.45) is 0 Å². The highest BCUT2D eigenvalue weighted by molar-refractivity contribution is 5.67. The number of hydrogen-bond acceptors (Lipinski definition) is 3. The molecule has 1 aromatic carbocycles. The molecule has 0 spiro atoms. The second kappa shape index (κ2) is 3.28. The van der Waals surface area contributed by atoms with Crippen LogP contribution >= 0.6 is 0 Å². The number of aliphatic hydroxyl groups is 1. The van der Waals surface area contributed by atoms with E-state index in [0.29, 0.717) is 16.9 Å². The molecule has 1 aliphatic heterocycles. The molecule has 0 bridgehead atoms. The zero-order chi connectivity index (χ0) is 11.1. The van der Waals surface area contributed by atoms with Crippen LogP contribution in [0.1, 0.15) is 25.0 Å². The van der Waals surface area contributed by atoms with Crippen LogP contribution < -0.4 is 4.74 Å². The maximum absolute atomic E-state index is 9.70. The topological polar surface area (TPSA) is 49.7 Å². The zero-order valence-electron chi connectivity index (χ0n) is 8.82. The van der Waals surface area contributed by atoms with Gasteiger partial charge in [-0.05, 0) is 43.7 Å². The highest BCUT2D eigenvalue weighted by Crippen LogP contribution is 2.37. The summed E-state index contributed by atoms with van der Waals surface area (Å²) in [5, 5.41) is 18.7. The smallest absolute Gasteiger partial charge is 0.131 e. The number of hydrogen-bond donors (Lipinski definition) is 2. The molecule has 2 N–H and O–H groups in total. The number of aliphatic hydroxyl groups excluding tert-OH is 1. The Morgan fingerprint density at radius 1 is 1.33 bits per heavy atom. The molecule has 0 atom stereocenters. The Labute approximate surface area is 88.6 Å². The molecule has 3 heteroatoms. The van der Waals surface area contributed by atoms with Gasteiger partial charge in [0.1, 0.15) is 17.1 Å². The van der Waals surface area contributed by atoms with Crippen LogP contribution in [0.3, 0.4) is 0 Å². The summed E-state index contributed by atoms with van der Waals surface area (Å²) in [5.74, 6) is 0.759. The predicted octanol–water partition coefficient (Wildman–Crippen LogP) is 2.07. The Bertz CT molecular complexity index is 419. The monoisotopic (exact) mass is 206 g/mol. The van der Waals surface area contributed by atoms with Crippen LogP contribution in [0.5, 0.6) is 11.5 Å². The first-order valence-corrected chi connectivity index (χ1v) is 4.87. The number of phenols is 1. The summed E-state index contributed by atoms with van der Waals surface area (Å²) in [4.78, 5) is 0. The largest absolute Gasteiger partial charge is 0.507 e. The lowest BCUT2D eigenvalue weighted by Crippen LogP contribution is -2.27. The average Bonchev–Trinajstić information content (AvgIpc) is 2.15. The molecule has 1 aliphatic rings. The first-order valence-electron chi connectivity index (χ1n) is 4.87. The van der Waals surface area contributed by atoms with E-state index in [4.69, 9.17) is 9.84 Å². The van der Waals surface area contributed by atoms with Gasteiger partial charge in [-0.15, -0.1) is 0 Å². The molecule has 0 fully saturated rings. The summed E-state index contributed by atoms with van der Waals surface area (Å²) in [5.41, 5.74) is 0.955. The van der Waals surface area contributed by atoms with Gasteiger partial charge >= 0.3 is 0 Å². The van der Waals surface area contributed by atoms with Crippen molar-refractivity contribution in [2.45, 2.75) is 26.1 Å². The van der Waals surface area contributed by atoms with Gasteiger partial charge < -0.3 is 14.9 Å². The number of ether oxygens (including phenoxy) is 1.